The molecule has 2 N–H and O–H groups in total. The van der Waals surface area contributed by atoms with Crippen LogP contribution in [0.3, 0.4) is 0 Å². The molecule has 1 aliphatic rings. The number of hydrogen-bond donors (Lipinski definition) is 2. The first-order valence-electron chi connectivity index (χ1n) is 10.2. The van der Waals surface area contributed by atoms with E-state index in [0.717, 1.165) is 12.8 Å². The number of carbonyl (C=O) groups is 3. The number of rotatable bonds is 9. The van der Waals surface area contributed by atoms with Crippen LogP contribution in [0.15, 0.2) is 28.8 Å². The number of aromatic nitrogens is 1. The largest absolute Gasteiger partial charge is 0.376 e. The average molecular weight is 483 g/mol. The smallest absolute Gasteiger partial charge is 0.240 e. The van der Waals surface area contributed by atoms with Gasteiger partial charge in [-0.15, -0.1) is 0 Å². The molecule has 1 aromatic carbocycles. The first kappa shape index (κ1) is 24.0. The minimum atomic E-state index is -0.415. The average Bonchev–Trinajstić information content (AvgIpc) is 3.42. The molecule has 1 fully saturated rings. The summed E-state index contributed by atoms with van der Waals surface area (Å²) in [7, 11) is 0. The number of amides is 3. The molecular formula is C21H24Cl2N4O5. The summed E-state index contributed by atoms with van der Waals surface area (Å²) in [6.45, 7) is 2.53. The topological polar surface area (TPSA) is 114 Å². The van der Waals surface area contributed by atoms with Crippen LogP contribution >= 0.6 is 23.2 Å². The first-order chi connectivity index (χ1) is 15.3. The molecule has 32 heavy (non-hydrogen) atoms. The maximum absolute atomic E-state index is 12.9. The summed E-state index contributed by atoms with van der Waals surface area (Å²) >= 11 is 12.1. The zero-order valence-corrected chi connectivity index (χ0v) is 19.0. The fourth-order valence-corrected chi connectivity index (χ4v) is 3.49. The Labute approximate surface area is 195 Å². The van der Waals surface area contributed by atoms with Gasteiger partial charge in [0.25, 0.3) is 0 Å². The number of aryl methyl sites for hydroxylation is 1. The van der Waals surface area contributed by atoms with Crippen LogP contribution in [-0.2, 0) is 19.1 Å². The Balaban J connectivity index is 1.62. The van der Waals surface area contributed by atoms with Gasteiger partial charge in [-0.05, 0) is 38.0 Å². The molecule has 3 rings (SSSR count). The zero-order chi connectivity index (χ0) is 23.1. The van der Waals surface area contributed by atoms with Gasteiger partial charge in [-0.1, -0.05) is 28.4 Å². The standard InChI is InChI=1S/C21H24Cl2N4O5/c1-13-9-18(26-32-13)25-19(28)6-7-21(30)27(14-4-5-16(22)17(23)10-14)12-20(29)24-11-15-3-2-8-31-15/h4-5,9-10,15H,2-3,6-8,11-12H2,1H3,(H,24,29)(H,25,26,28)/t15-/m1/s1. The Kier molecular flexibility index (Phi) is 8.49. The van der Waals surface area contributed by atoms with Crippen LogP contribution in [0.1, 0.15) is 31.4 Å². The second kappa shape index (κ2) is 11.3. The molecule has 0 spiro atoms. The third-order valence-corrected chi connectivity index (χ3v) is 5.57. The van der Waals surface area contributed by atoms with E-state index in [2.05, 4.69) is 15.8 Å². The van der Waals surface area contributed by atoms with Gasteiger partial charge in [0.1, 0.15) is 12.3 Å². The summed E-state index contributed by atoms with van der Waals surface area (Å²) < 4.78 is 10.4. The molecule has 1 atom stereocenters. The molecule has 1 aliphatic heterocycles. The van der Waals surface area contributed by atoms with Gasteiger partial charge >= 0.3 is 0 Å². The molecule has 3 amide bonds. The molecule has 0 unspecified atom stereocenters. The van der Waals surface area contributed by atoms with E-state index in [4.69, 9.17) is 32.5 Å². The summed E-state index contributed by atoms with van der Waals surface area (Å²) in [4.78, 5) is 38.9. The highest BCUT2D eigenvalue weighted by Crippen LogP contribution is 2.27. The number of nitrogens with one attached hydrogen (secondary N) is 2. The van der Waals surface area contributed by atoms with E-state index in [0.29, 0.717) is 29.6 Å². The Hall–Kier alpha value is -2.62. The Morgan fingerprint density at radius 1 is 1.16 bits per heavy atom. The Morgan fingerprint density at radius 2 is 1.97 bits per heavy atom. The molecule has 2 heterocycles. The maximum atomic E-state index is 12.9. The van der Waals surface area contributed by atoms with Crippen molar-refractivity contribution in [2.45, 2.75) is 38.7 Å². The van der Waals surface area contributed by atoms with Crippen LogP contribution in [0.5, 0.6) is 0 Å². The number of nitrogens with zero attached hydrogens (tertiary/aromatic N) is 2. The van der Waals surface area contributed by atoms with Gasteiger partial charge in [0.2, 0.25) is 17.7 Å². The van der Waals surface area contributed by atoms with Crippen molar-refractivity contribution >= 4 is 52.4 Å². The number of halogens is 2. The highest BCUT2D eigenvalue weighted by molar-refractivity contribution is 6.42. The number of hydrogen-bond acceptors (Lipinski definition) is 6. The summed E-state index contributed by atoms with van der Waals surface area (Å²) in [6.07, 6.45) is 1.61. The van der Waals surface area contributed by atoms with Crippen LogP contribution in [0, 0.1) is 6.92 Å². The predicted molar refractivity (Wildman–Crippen MR) is 120 cm³/mol. The Morgan fingerprint density at radius 3 is 2.62 bits per heavy atom. The molecule has 0 radical (unpaired) electrons. The van der Waals surface area contributed by atoms with Crippen LogP contribution in [0.2, 0.25) is 10.0 Å². The monoisotopic (exact) mass is 482 g/mol. The van der Waals surface area contributed by atoms with Crippen molar-refractivity contribution in [1.29, 1.82) is 0 Å². The third kappa shape index (κ3) is 6.94. The molecule has 0 saturated carbocycles. The van der Waals surface area contributed by atoms with Gasteiger partial charge in [0.15, 0.2) is 5.82 Å². The molecule has 1 aromatic heterocycles. The lowest BCUT2D eigenvalue weighted by molar-refractivity contribution is -0.125. The first-order valence-corrected chi connectivity index (χ1v) is 10.9. The van der Waals surface area contributed by atoms with E-state index in [1.165, 1.54) is 11.0 Å². The molecule has 11 heteroatoms. The lowest BCUT2D eigenvalue weighted by Gasteiger charge is -2.23. The van der Waals surface area contributed by atoms with Gasteiger partial charge in [0.05, 0.1) is 16.1 Å². The summed E-state index contributed by atoms with van der Waals surface area (Å²) in [5.74, 6) is -0.334. The molecule has 1 saturated heterocycles. The van der Waals surface area contributed by atoms with Gasteiger partial charge in [-0.25, -0.2) is 0 Å². The number of carbonyl (C=O) groups excluding carboxylic acids is 3. The summed E-state index contributed by atoms with van der Waals surface area (Å²) in [5.41, 5.74) is 0.407. The third-order valence-electron chi connectivity index (χ3n) is 4.83. The minimum absolute atomic E-state index is 0.0167. The fraction of sp³-hybridized carbons (Fsp3) is 0.429. The van der Waals surface area contributed by atoms with Crippen molar-refractivity contribution in [2.24, 2.45) is 0 Å². The van der Waals surface area contributed by atoms with E-state index in [1.54, 1.807) is 25.1 Å². The van der Waals surface area contributed by atoms with Gasteiger partial charge < -0.3 is 24.8 Å². The number of ether oxygens (including phenoxy) is 1. The predicted octanol–water partition coefficient (Wildman–Crippen LogP) is 3.34. The fourth-order valence-electron chi connectivity index (χ4n) is 3.19. The summed E-state index contributed by atoms with van der Waals surface area (Å²) in [6, 6.07) is 6.22. The molecular weight excluding hydrogens is 459 g/mol. The van der Waals surface area contributed by atoms with Crippen molar-refractivity contribution in [2.75, 3.05) is 29.9 Å². The van der Waals surface area contributed by atoms with Gasteiger partial charge in [-0.3, -0.25) is 14.4 Å². The van der Waals surface area contributed by atoms with E-state index in [9.17, 15) is 14.4 Å². The van der Waals surface area contributed by atoms with E-state index < -0.39 is 11.8 Å². The van der Waals surface area contributed by atoms with Crippen LogP contribution in [-0.4, -0.2) is 48.7 Å². The Bertz CT molecular complexity index is 975. The van der Waals surface area contributed by atoms with E-state index in [-0.39, 0.29) is 42.2 Å². The molecule has 0 aliphatic carbocycles. The number of benzene rings is 1. The van der Waals surface area contributed by atoms with E-state index in [1.807, 2.05) is 0 Å². The molecule has 9 nitrogen and oxygen atoms in total. The molecule has 172 valence electrons. The van der Waals surface area contributed by atoms with Gasteiger partial charge in [-0.2, -0.15) is 0 Å². The maximum Gasteiger partial charge on any atom is 0.240 e. The minimum Gasteiger partial charge on any atom is -0.376 e. The van der Waals surface area contributed by atoms with E-state index >= 15 is 0 Å². The normalized spacial score (nSPS) is 15.4. The quantitative estimate of drug-likeness (QED) is 0.566. The van der Waals surface area contributed by atoms with Crippen LogP contribution < -0.4 is 15.5 Å². The second-order valence-corrected chi connectivity index (χ2v) is 8.20. The molecule has 0 bridgehead atoms. The summed E-state index contributed by atoms with van der Waals surface area (Å²) in [5, 5.41) is 9.61. The van der Waals surface area contributed by atoms with Crippen LogP contribution in [0.25, 0.3) is 0 Å². The second-order valence-electron chi connectivity index (χ2n) is 7.39. The van der Waals surface area contributed by atoms with Crippen LogP contribution in [0.4, 0.5) is 11.5 Å². The highest BCUT2D eigenvalue weighted by Gasteiger charge is 2.22. The lowest BCUT2D eigenvalue weighted by atomic mass is 10.2. The van der Waals surface area contributed by atoms with Crippen molar-refractivity contribution in [1.82, 2.24) is 10.5 Å². The molecule has 2 aromatic rings. The highest BCUT2D eigenvalue weighted by atomic mass is 35.5. The van der Waals surface area contributed by atoms with Crippen molar-refractivity contribution in [3.05, 3.63) is 40.1 Å². The lowest BCUT2D eigenvalue weighted by Crippen LogP contribution is -2.43. The zero-order valence-electron chi connectivity index (χ0n) is 17.5. The van der Waals surface area contributed by atoms with Crippen molar-refractivity contribution in [3.63, 3.8) is 0 Å². The van der Waals surface area contributed by atoms with Gasteiger partial charge in [0, 0.05) is 37.7 Å². The van der Waals surface area contributed by atoms with Crippen molar-refractivity contribution in [3.8, 4) is 0 Å². The number of anilines is 2. The van der Waals surface area contributed by atoms with Crippen molar-refractivity contribution < 1.29 is 23.6 Å². The SMILES string of the molecule is Cc1cc(NC(=O)CCC(=O)N(CC(=O)NC[C@H]2CCCO2)c2ccc(Cl)c(Cl)c2)no1.